The Morgan fingerprint density at radius 1 is 1.43 bits per heavy atom. The van der Waals surface area contributed by atoms with Gasteiger partial charge in [0.25, 0.3) is 6.43 Å². The summed E-state index contributed by atoms with van der Waals surface area (Å²) >= 11 is 0. The molecule has 1 aromatic heterocycles. The van der Waals surface area contributed by atoms with Crippen LogP contribution in [0.2, 0.25) is 0 Å². The van der Waals surface area contributed by atoms with E-state index >= 15 is 0 Å². The molecule has 0 atom stereocenters. The highest BCUT2D eigenvalue weighted by atomic mass is 19.3. The van der Waals surface area contributed by atoms with Crippen LogP contribution in [0.5, 0.6) is 5.75 Å². The number of ether oxygens (including phenoxy) is 1. The van der Waals surface area contributed by atoms with E-state index in [1.807, 2.05) is 0 Å². The van der Waals surface area contributed by atoms with E-state index in [0.717, 1.165) is 0 Å². The number of nitrogens with zero attached hydrogens (tertiary/aromatic N) is 1. The third kappa shape index (κ3) is 1.21. The Morgan fingerprint density at radius 3 is 2.86 bits per heavy atom. The molecular weight excluding hydrogens is 190 g/mol. The minimum Gasteiger partial charge on any atom is -0.496 e. The van der Waals surface area contributed by atoms with Gasteiger partial charge in [-0.15, -0.1) is 0 Å². The molecular formula is C9H8F2N2O. The fourth-order valence-electron chi connectivity index (χ4n) is 1.40. The fraction of sp³-hybridized carbons (Fsp3) is 0.222. The van der Waals surface area contributed by atoms with E-state index in [9.17, 15) is 8.78 Å². The fourth-order valence-corrected chi connectivity index (χ4v) is 1.40. The Hall–Kier alpha value is -1.65. The number of aromatic nitrogens is 2. The quantitative estimate of drug-likeness (QED) is 0.805. The molecule has 1 N–H and O–H groups in total. The molecule has 0 saturated carbocycles. The monoisotopic (exact) mass is 198 g/mol. The second-order valence-corrected chi connectivity index (χ2v) is 2.78. The summed E-state index contributed by atoms with van der Waals surface area (Å²) in [6, 6.07) is 3.16. The molecule has 0 aliphatic heterocycles. The average Bonchev–Trinajstić information content (AvgIpc) is 2.62. The summed E-state index contributed by atoms with van der Waals surface area (Å²) in [5.74, 6) is 0.166. The number of hydrogen-bond donors (Lipinski definition) is 1. The smallest absolute Gasteiger partial charge is 0.269 e. The van der Waals surface area contributed by atoms with Crippen molar-refractivity contribution in [1.29, 1.82) is 0 Å². The maximum atomic E-state index is 12.7. The summed E-state index contributed by atoms with van der Waals surface area (Å²) in [6.07, 6.45) is -1.20. The third-order valence-electron chi connectivity index (χ3n) is 2.03. The minimum atomic E-state index is -2.59. The molecule has 0 aliphatic carbocycles. The molecule has 2 rings (SSSR count). The van der Waals surface area contributed by atoms with Crippen LogP contribution in [-0.4, -0.2) is 17.1 Å². The molecule has 0 amide bonds. The van der Waals surface area contributed by atoms with Crippen molar-refractivity contribution in [2.24, 2.45) is 0 Å². The maximum absolute atomic E-state index is 12.7. The Bertz CT molecular complexity index is 453. The van der Waals surface area contributed by atoms with Gasteiger partial charge in [-0.3, -0.25) is 0 Å². The lowest BCUT2D eigenvalue weighted by molar-refractivity contribution is 0.148. The predicted molar refractivity (Wildman–Crippen MR) is 47.6 cm³/mol. The van der Waals surface area contributed by atoms with Crippen molar-refractivity contribution in [3.05, 3.63) is 24.0 Å². The van der Waals surface area contributed by atoms with Crippen molar-refractivity contribution >= 4 is 11.0 Å². The standard InChI is InChI=1S/C9H8F2N2O/c1-14-6-3-2-5-8(13-4-12-5)7(6)9(10)11/h2-4,9H,1H3,(H,12,13). The molecule has 0 saturated heterocycles. The Morgan fingerprint density at radius 2 is 2.21 bits per heavy atom. The van der Waals surface area contributed by atoms with E-state index in [0.29, 0.717) is 5.52 Å². The van der Waals surface area contributed by atoms with Crippen LogP contribution in [0, 0.1) is 0 Å². The van der Waals surface area contributed by atoms with Gasteiger partial charge in [0.15, 0.2) is 0 Å². The van der Waals surface area contributed by atoms with Gasteiger partial charge < -0.3 is 9.72 Å². The third-order valence-corrected chi connectivity index (χ3v) is 2.03. The first-order valence-electron chi connectivity index (χ1n) is 4.02. The van der Waals surface area contributed by atoms with Crippen LogP contribution in [0.4, 0.5) is 8.78 Å². The van der Waals surface area contributed by atoms with E-state index in [2.05, 4.69) is 9.97 Å². The number of aromatic amines is 1. The molecule has 3 nitrogen and oxygen atoms in total. The zero-order chi connectivity index (χ0) is 10.1. The van der Waals surface area contributed by atoms with E-state index in [1.54, 1.807) is 6.07 Å². The zero-order valence-corrected chi connectivity index (χ0v) is 7.42. The van der Waals surface area contributed by atoms with Gasteiger partial charge in [0.1, 0.15) is 11.3 Å². The molecule has 0 bridgehead atoms. The van der Waals surface area contributed by atoms with Gasteiger partial charge >= 0.3 is 0 Å². The molecule has 0 aliphatic rings. The van der Waals surface area contributed by atoms with Crippen molar-refractivity contribution in [3.8, 4) is 5.75 Å². The summed E-state index contributed by atoms with van der Waals surface area (Å²) in [5.41, 5.74) is 0.687. The minimum absolute atomic E-state index is 0.161. The van der Waals surface area contributed by atoms with Gasteiger partial charge in [-0.25, -0.2) is 13.8 Å². The average molecular weight is 198 g/mol. The van der Waals surface area contributed by atoms with Crippen molar-refractivity contribution in [2.45, 2.75) is 6.43 Å². The molecule has 0 spiro atoms. The predicted octanol–water partition coefficient (Wildman–Crippen LogP) is 2.51. The topological polar surface area (TPSA) is 37.9 Å². The highest BCUT2D eigenvalue weighted by molar-refractivity contribution is 5.81. The maximum Gasteiger partial charge on any atom is 0.269 e. The van der Waals surface area contributed by atoms with Crippen molar-refractivity contribution in [2.75, 3.05) is 7.11 Å². The van der Waals surface area contributed by atoms with Crippen LogP contribution < -0.4 is 4.74 Å². The highest BCUT2D eigenvalue weighted by Gasteiger charge is 2.18. The van der Waals surface area contributed by atoms with Crippen LogP contribution in [-0.2, 0) is 0 Å². The molecule has 74 valence electrons. The van der Waals surface area contributed by atoms with Crippen LogP contribution >= 0.6 is 0 Å². The number of H-pyrrole nitrogens is 1. The lowest BCUT2D eigenvalue weighted by Crippen LogP contribution is -1.93. The van der Waals surface area contributed by atoms with Crippen LogP contribution in [0.15, 0.2) is 18.5 Å². The lowest BCUT2D eigenvalue weighted by Gasteiger charge is -2.07. The number of hydrogen-bond acceptors (Lipinski definition) is 2. The molecule has 0 fully saturated rings. The largest absolute Gasteiger partial charge is 0.496 e. The van der Waals surface area contributed by atoms with E-state index in [1.165, 1.54) is 19.5 Å². The van der Waals surface area contributed by atoms with E-state index in [4.69, 9.17) is 4.74 Å². The van der Waals surface area contributed by atoms with Gasteiger partial charge in [0, 0.05) is 0 Å². The first-order chi connectivity index (χ1) is 6.74. The lowest BCUT2D eigenvalue weighted by atomic mass is 10.1. The van der Waals surface area contributed by atoms with Crippen LogP contribution in [0.3, 0.4) is 0 Å². The molecule has 1 aromatic carbocycles. The zero-order valence-electron chi connectivity index (χ0n) is 7.42. The molecule has 0 unspecified atom stereocenters. The Labute approximate surface area is 78.7 Å². The normalized spacial score (nSPS) is 11.1. The molecule has 2 aromatic rings. The second-order valence-electron chi connectivity index (χ2n) is 2.78. The molecule has 14 heavy (non-hydrogen) atoms. The molecule has 1 heterocycles. The Balaban J connectivity index is 2.75. The SMILES string of the molecule is COc1ccc2[nH]cnc2c1C(F)F. The van der Waals surface area contributed by atoms with Gasteiger partial charge in [-0.1, -0.05) is 0 Å². The van der Waals surface area contributed by atoms with Gasteiger partial charge in [-0.2, -0.15) is 0 Å². The number of benzene rings is 1. The molecule has 0 radical (unpaired) electrons. The number of rotatable bonds is 2. The van der Waals surface area contributed by atoms with Gasteiger partial charge in [-0.05, 0) is 12.1 Å². The van der Waals surface area contributed by atoms with Crippen molar-refractivity contribution in [1.82, 2.24) is 9.97 Å². The summed E-state index contributed by atoms with van der Waals surface area (Å²) in [6.45, 7) is 0. The van der Waals surface area contributed by atoms with Crippen molar-refractivity contribution < 1.29 is 13.5 Å². The summed E-state index contributed by atoms with van der Waals surface area (Å²) in [4.78, 5) is 6.60. The summed E-state index contributed by atoms with van der Waals surface area (Å²) in [7, 11) is 1.36. The number of alkyl halides is 2. The first kappa shape index (κ1) is 8.93. The van der Waals surface area contributed by atoms with Crippen LogP contribution in [0.25, 0.3) is 11.0 Å². The Kier molecular flexibility index (Phi) is 2.07. The number of nitrogens with one attached hydrogen (secondary N) is 1. The molecule has 5 heteroatoms. The van der Waals surface area contributed by atoms with Crippen molar-refractivity contribution in [3.63, 3.8) is 0 Å². The van der Waals surface area contributed by atoms with Crippen LogP contribution in [0.1, 0.15) is 12.0 Å². The number of halogens is 2. The summed E-state index contributed by atoms with van der Waals surface area (Å²) < 4.78 is 30.2. The summed E-state index contributed by atoms with van der Waals surface area (Å²) in [5, 5.41) is 0. The second kappa shape index (κ2) is 3.25. The number of imidazole rings is 1. The highest BCUT2D eigenvalue weighted by Crippen LogP contribution is 2.33. The number of methoxy groups -OCH3 is 1. The van der Waals surface area contributed by atoms with E-state index < -0.39 is 6.43 Å². The van der Waals surface area contributed by atoms with E-state index in [-0.39, 0.29) is 16.8 Å². The number of fused-ring (bicyclic) bond motifs is 1. The van der Waals surface area contributed by atoms with Gasteiger partial charge in [0.2, 0.25) is 0 Å². The van der Waals surface area contributed by atoms with Gasteiger partial charge in [0.05, 0.1) is 24.5 Å². The first-order valence-corrected chi connectivity index (χ1v) is 4.02.